The number of nitrogens with one attached hydrogen (secondary N) is 2. The number of aromatic nitrogens is 2. The number of carboxylic acid groups (broad SMARTS) is 1. The first-order chi connectivity index (χ1) is 14.6. The zero-order valence-electron chi connectivity index (χ0n) is 17.8. The first kappa shape index (κ1) is 22.5. The summed E-state index contributed by atoms with van der Waals surface area (Å²) in [6.07, 6.45) is 2.52. The fourth-order valence-electron chi connectivity index (χ4n) is 3.00. The number of aryl methyl sites for hydroxylation is 1. The van der Waals surface area contributed by atoms with Gasteiger partial charge in [0.2, 0.25) is 5.88 Å². The van der Waals surface area contributed by atoms with Crippen LogP contribution in [0.1, 0.15) is 37.8 Å². The van der Waals surface area contributed by atoms with Gasteiger partial charge in [-0.2, -0.15) is 4.98 Å². The van der Waals surface area contributed by atoms with Gasteiger partial charge in [0.05, 0.1) is 12.8 Å². The Bertz CT molecular complexity index is 998. The molecule has 2 aromatic heterocycles. The van der Waals surface area contributed by atoms with Crippen LogP contribution in [0, 0.1) is 0 Å². The standard InChI is InChI=1S/C20H25N5O5S/c1-20(2,3)30-19(28)22-11-5-6-12-14(9-11)31-18(23-12)25-17-13(21-10-16(26)27)7-8-15(24-17)29-4/h7-8,10-11H,5-6,9H2,1-4H3,(H,22,28)(H,26,27)(H,23,24,25). The van der Waals surface area contributed by atoms with Crippen LogP contribution >= 0.6 is 11.3 Å². The number of methoxy groups -OCH3 is 1. The third-order valence-corrected chi connectivity index (χ3v) is 5.29. The number of nitrogens with zero attached hydrogens (tertiary/aromatic N) is 3. The Balaban J connectivity index is 1.73. The van der Waals surface area contributed by atoms with Gasteiger partial charge in [0, 0.05) is 23.4 Å². The fraction of sp³-hybridized carbons (Fsp3) is 0.450. The number of hydrogen-bond acceptors (Lipinski definition) is 9. The number of aliphatic carboxylic acids is 1. The van der Waals surface area contributed by atoms with Crippen molar-refractivity contribution >= 4 is 46.3 Å². The molecule has 0 radical (unpaired) electrons. The average molecular weight is 448 g/mol. The molecule has 3 N–H and O–H groups in total. The van der Waals surface area contributed by atoms with Gasteiger partial charge in [-0.1, -0.05) is 0 Å². The molecule has 0 saturated carbocycles. The molecular weight excluding hydrogens is 422 g/mol. The van der Waals surface area contributed by atoms with Crippen LogP contribution in [-0.4, -0.2) is 52.1 Å². The molecule has 1 unspecified atom stereocenters. The number of amides is 1. The number of fused-ring (bicyclic) bond motifs is 1. The van der Waals surface area contributed by atoms with Gasteiger partial charge in [0.15, 0.2) is 10.9 Å². The molecule has 1 aliphatic carbocycles. The topological polar surface area (TPSA) is 135 Å². The van der Waals surface area contributed by atoms with Gasteiger partial charge in [-0.15, -0.1) is 11.3 Å². The van der Waals surface area contributed by atoms with Gasteiger partial charge in [-0.05, 0) is 39.7 Å². The van der Waals surface area contributed by atoms with Gasteiger partial charge in [-0.3, -0.25) is 0 Å². The SMILES string of the molecule is COc1ccc(N=CC(=O)O)c(Nc2nc3c(s2)CC(NC(=O)OC(C)(C)C)CC3)n1. The second-order valence-electron chi connectivity index (χ2n) is 7.92. The second kappa shape index (κ2) is 9.29. The molecule has 0 bridgehead atoms. The average Bonchev–Trinajstić information content (AvgIpc) is 3.06. The van der Waals surface area contributed by atoms with E-state index in [1.807, 2.05) is 20.8 Å². The lowest BCUT2D eigenvalue weighted by Crippen LogP contribution is -2.41. The van der Waals surface area contributed by atoms with Gasteiger partial charge in [0.25, 0.3) is 0 Å². The summed E-state index contributed by atoms with van der Waals surface area (Å²) in [6, 6.07) is 3.18. The van der Waals surface area contributed by atoms with E-state index in [1.165, 1.54) is 18.4 Å². The largest absolute Gasteiger partial charge is 0.481 e. The van der Waals surface area contributed by atoms with Gasteiger partial charge < -0.3 is 25.2 Å². The predicted molar refractivity (Wildman–Crippen MR) is 117 cm³/mol. The maximum absolute atomic E-state index is 12.1. The molecule has 0 aliphatic heterocycles. The van der Waals surface area contributed by atoms with Crippen molar-refractivity contribution in [3.05, 3.63) is 22.7 Å². The van der Waals surface area contributed by atoms with Crippen LogP contribution in [0.4, 0.5) is 21.4 Å². The van der Waals surface area contributed by atoms with Crippen LogP contribution in [0.3, 0.4) is 0 Å². The normalized spacial score (nSPS) is 15.9. The number of carboxylic acids is 1. The molecule has 1 aliphatic rings. The maximum Gasteiger partial charge on any atom is 0.407 e. The van der Waals surface area contributed by atoms with E-state index in [0.29, 0.717) is 28.9 Å². The van der Waals surface area contributed by atoms with Crippen LogP contribution in [-0.2, 0) is 22.4 Å². The van der Waals surface area contributed by atoms with Crippen molar-refractivity contribution < 1.29 is 24.2 Å². The minimum atomic E-state index is -1.16. The number of rotatable bonds is 6. The monoisotopic (exact) mass is 447 g/mol. The summed E-state index contributed by atoms with van der Waals surface area (Å²) in [5.74, 6) is -0.457. The molecule has 2 heterocycles. The van der Waals surface area contributed by atoms with E-state index in [1.54, 1.807) is 12.1 Å². The lowest BCUT2D eigenvalue weighted by molar-refractivity contribution is -0.128. The molecular formula is C20H25N5O5S. The summed E-state index contributed by atoms with van der Waals surface area (Å²) in [7, 11) is 1.49. The van der Waals surface area contributed by atoms with Crippen LogP contribution in [0.2, 0.25) is 0 Å². The van der Waals surface area contributed by atoms with Crippen molar-refractivity contribution in [3.63, 3.8) is 0 Å². The van der Waals surface area contributed by atoms with E-state index in [2.05, 4.69) is 25.6 Å². The summed E-state index contributed by atoms with van der Waals surface area (Å²) in [5, 5.41) is 15.5. The number of pyridine rings is 1. The number of carbonyl (C=O) groups excluding carboxylic acids is 1. The van der Waals surface area contributed by atoms with E-state index >= 15 is 0 Å². The van der Waals surface area contributed by atoms with Crippen LogP contribution in [0.25, 0.3) is 0 Å². The van der Waals surface area contributed by atoms with Crippen molar-refractivity contribution in [2.75, 3.05) is 12.4 Å². The predicted octanol–water partition coefficient (Wildman–Crippen LogP) is 3.46. The van der Waals surface area contributed by atoms with Gasteiger partial charge in [-0.25, -0.2) is 19.6 Å². The number of ether oxygens (including phenoxy) is 2. The Hall–Kier alpha value is -3.21. The highest BCUT2D eigenvalue weighted by Crippen LogP contribution is 2.34. The molecule has 1 amide bonds. The Morgan fingerprint density at radius 2 is 2.10 bits per heavy atom. The van der Waals surface area contributed by atoms with Gasteiger partial charge >= 0.3 is 12.1 Å². The first-order valence-electron chi connectivity index (χ1n) is 9.70. The van der Waals surface area contributed by atoms with Gasteiger partial charge in [0.1, 0.15) is 17.5 Å². The second-order valence-corrected chi connectivity index (χ2v) is 9.00. The van der Waals surface area contributed by atoms with Crippen LogP contribution < -0.4 is 15.4 Å². The molecule has 3 rings (SSSR count). The third-order valence-electron chi connectivity index (χ3n) is 4.26. The Labute approximate surface area is 183 Å². The van der Waals surface area contributed by atoms with E-state index in [0.717, 1.165) is 29.6 Å². The number of hydrogen-bond donors (Lipinski definition) is 3. The third kappa shape index (κ3) is 6.38. The number of thiazole rings is 1. The number of carbonyl (C=O) groups is 2. The lowest BCUT2D eigenvalue weighted by Gasteiger charge is -2.25. The minimum absolute atomic E-state index is 0.0266. The summed E-state index contributed by atoms with van der Waals surface area (Å²) in [4.78, 5) is 36.8. The molecule has 31 heavy (non-hydrogen) atoms. The molecule has 11 heteroatoms. The number of aliphatic imine (C=N–C) groups is 1. The van der Waals surface area contributed by atoms with Crippen molar-refractivity contribution in [2.45, 2.75) is 51.7 Å². The maximum atomic E-state index is 12.1. The van der Waals surface area contributed by atoms with E-state index in [-0.39, 0.29) is 6.04 Å². The number of anilines is 2. The summed E-state index contributed by atoms with van der Waals surface area (Å²) in [5.41, 5.74) is 0.768. The molecule has 10 nitrogen and oxygen atoms in total. The quantitative estimate of drug-likeness (QED) is 0.573. The first-order valence-corrected chi connectivity index (χ1v) is 10.5. The Kier molecular flexibility index (Phi) is 6.74. The van der Waals surface area contributed by atoms with Crippen molar-refractivity contribution in [1.29, 1.82) is 0 Å². The van der Waals surface area contributed by atoms with Crippen molar-refractivity contribution in [3.8, 4) is 5.88 Å². The van der Waals surface area contributed by atoms with Crippen LogP contribution in [0.15, 0.2) is 17.1 Å². The number of alkyl carbamates (subject to hydrolysis) is 1. The highest BCUT2D eigenvalue weighted by molar-refractivity contribution is 7.15. The van der Waals surface area contributed by atoms with E-state index < -0.39 is 17.7 Å². The molecule has 0 saturated heterocycles. The van der Waals surface area contributed by atoms with Crippen molar-refractivity contribution in [2.24, 2.45) is 4.99 Å². The molecule has 1 atom stereocenters. The highest BCUT2D eigenvalue weighted by atomic mass is 32.1. The zero-order valence-corrected chi connectivity index (χ0v) is 18.6. The Morgan fingerprint density at radius 3 is 2.77 bits per heavy atom. The van der Waals surface area contributed by atoms with Crippen LogP contribution in [0.5, 0.6) is 5.88 Å². The van der Waals surface area contributed by atoms with E-state index in [9.17, 15) is 9.59 Å². The molecule has 0 aromatic carbocycles. The smallest absolute Gasteiger partial charge is 0.407 e. The molecule has 0 spiro atoms. The summed E-state index contributed by atoms with van der Waals surface area (Å²) in [6.45, 7) is 5.48. The van der Waals surface area contributed by atoms with Crippen molar-refractivity contribution in [1.82, 2.24) is 15.3 Å². The zero-order chi connectivity index (χ0) is 22.6. The summed E-state index contributed by atoms with van der Waals surface area (Å²) < 4.78 is 10.5. The molecule has 0 fully saturated rings. The Morgan fingerprint density at radius 1 is 1.32 bits per heavy atom. The minimum Gasteiger partial charge on any atom is -0.481 e. The fourth-order valence-corrected chi connectivity index (χ4v) is 4.08. The van der Waals surface area contributed by atoms with E-state index in [4.69, 9.17) is 14.6 Å². The molecule has 2 aromatic rings. The summed E-state index contributed by atoms with van der Waals surface area (Å²) >= 11 is 1.46. The highest BCUT2D eigenvalue weighted by Gasteiger charge is 2.26. The lowest BCUT2D eigenvalue weighted by atomic mass is 9.98. The molecule has 166 valence electrons.